The molecule has 164 valence electrons. The molecule has 3 heterocycles. The summed E-state index contributed by atoms with van der Waals surface area (Å²) in [5.41, 5.74) is 1.12. The Labute approximate surface area is 186 Å². The molecule has 4 rings (SSSR count). The van der Waals surface area contributed by atoms with Gasteiger partial charge in [0.25, 0.3) is 5.91 Å². The van der Waals surface area contributed by atoms with Gasteiger partial charge in [0.1, 0.15) is 16.4 Å². The van der Waals surface area contributed by atoms with E-state index in [0.29, 0.717) is 44.6 Å². The smallest absolute Gasteiger partial charge is 0.410 e. The van der Waals surface area contributed by atoms with Crippen molar-refractivity contribution in [1.29, 1.82) is 0 Å². The van der Waals surface area contributed by atoms with Gasteiger partial charge in [0.2, 0.25) is 0 Å². The number of piperidine rings is 1. The van der Waals surface area contributed by atoms with Crippen LogP contribution in [0.1, 0.15) is 35.7 Å². The third kappa shape index (κ3) is 4.63. The molecule has 0 atom stereocenters. The largest absolute Gasteiger partial charge is 0.497 e. The molecule has 2 fully saturated rings. The molecule has 1 aromatic heterocycles. The fourth-order valence-corrected chi connectivity index (χ4v) is 4.88. The molecule has 7 nitrogen and oxygen atoms in total. The Balaban J connectivity index is 1.39. The first-order chi connectivity index (χ1) is 15.0. The van der Waals surface area contributed by atoms with Crippen molar-refractivity contribution in [2.75, 3.05) is 32.5 Å². The summed E-state index contributed by atoms with van der Waals surface area (Å²) >= 11 is 1.57. The summed E-state index contributed by atoms with van der Waals surface area (Å²) in [6.07, 6.45) is 2.69. The Morgan fingerprint density at radius 2 is 2.06 bits per heavy atom. The Kier molecular flexibility index (Phi) is 6.36. The highest BCUT2D eigenvalue weighted by atomic mass is 32.2. The van der Waals surface area contributed by atoms with Gasteiger partial charge in [-0.05, 0) is 35.6 Å². The minimum Gasteiger partial charge on any atom is -0.497 e. The normalized spacial score (nSPS) is 17.7. The Hall–Kier alpha value is -2.74. The van der Waals surface area contributed by atoms with Crippen molar-refractivity contribution >= 4 is 23.8 Å². The van der Waals surface area contributed by atoms with E-state index in [-0.39, 0.29) is 12.0 Å². The van der Waals surface area contributed by atoms with E-state index in [2.05, 4.69) is 4.98 Å². The van der Waals surface area contributed by atoms with Crippen LogP contribution in [0.2, 0.25) is 0 Å². The molecule has 0 radical (unpaired) electrons. The lowest BCUT2D eigenvalue weighted by molar-refractivity contribution is 0.00301. The van der Waals surface area contributed by atoms with Crippen LogP contribution in [0.3, 0.4) is 0 Å². The molecule has 0 aliphatic carbocycles. The van der Waals surface area contributed by atoms with Crippen LogP contribution < -0.4 is 4.74 Å². The number of ether oxygens (including phenoxy) is 2. The molecule has 0 bridgehead atoms. The SMILES string of the molecule is CCSc1ncccc1C(=O)N1CCC2(CC1)CN(Cc1cccc(OC)c1)C(=O)O2. The lowest BCUT2D eigenvalue weighted by Crippen LogP contribution is -2.48. The second kappa shape index (κ2) is 9.18. The van der Waals surface area contributed by atoms with E-state index in [0.717, 1.165) is 22.1 Å². The zero-order chi connectivity index (χ0) is 21.8. The van der Waals surface area contributed by atoms with E-state index in [1.54, 1.807) is 36.0 Å². The number of thioether (sulfide) groups is 1. The molecule has 2 aliphatic rings. The summed E-state index contributed by atoms with van der Waals surface area (Å²) in [5, 5.41) is 0.770. The minimum absolute atomic E-state index is 0.00328. The second-order valence-corrected chi connectivity index (χ2v) is 9.09. The number of methoxy groups -OCH3 is 1. The van der Waals surface area contributed by atoms with Crippen LogP contribution in [0, 0.1) is 0 Å². The second-order valence-electron chi connectivity index (χ2n) is 7.84. The lowest BCUT2D eigenvalue weighted by Gasteiger charge is -2.37. The average molecular weight is 442 g/mol. The number of rotatable bonds is 6. The van der Waals surface area contributed by atoms with Crippen LogP contribution in [-0.4, -0.2) is 64.9 Å². The summed E-state index contributed by atoms with van der Waals surface area (Å²) in [4.78, 5) is 33.6. The van der Waals surface area contributed by atoms with E-state index in [1.807, 2.05) is 42.2 Å². The summed E-state index contributed by atoms with van der Waals surface area (Å²) in [7, 11) is 1.63. The van der Waals surface area contributed by atoms with Crippen molar-refractivity contribution in [3.05, 3.63) is 53.7 Å². The standard InChI is InChI=1S/C23H27N3O4S/c1-3-31-20-19(8-5-11-24-20)21(27)25-12-9-23(10-13-25)16-26(22(28)30-23)15-17-6-4-7-18(14-17)29-2/h4-8,11,14H,3,9-10,12-13,15-16H2,1-2H3. The fraction of sp³-hybridized carbons (Fsp3) is 0.435. The first kappa shape index (κ1) is 21.5. The molecule has 2 aromatic rings. The van der Waals surface area contributed by atoms with E-state index < -0.39 is 5.60 Å². The highest BCUT2D eigenvalue weighted by molar-refractivity contribution is 7.99. The van der Waals surface area contributed by atoms with Gasteiger partial charge >= 0.3 is 6.09 Å². The quantitative estimate of drug-likeness (QED) is 0.635. The summed E-state index contributed by atoms with van der Waals surface area (Å²) in [6, 6.07) is 11.3. The first-order valence-corrected chi connectivity index (χ1v) is 11.5. The molecule has 31 heavy (non-hydrogen) atoms. The molecule has 2 amide bonds. The third-order valence-corrected chi connectivity index (χ3v) is 6.68. The Bertz CT molecular complexity index is 959. The van der Waals surface area contributed by atoms with Gasteiger partial charge in [-0.3, -0.25) is 9.69 Å². The van der Waals surface area contributed by atoms with Crippen molar-refractivity contribution in [3.8, 4) is 5.75 Å². The predicted octanol–water partition coefficient (Wildman–Crippen LogP) is 3.83. The molecule has 0 N–H and O–H groups in total. The maximum absolute atomic E-state index is 13.1. The topological polar surface area (TPSA) is 72.0 Å². The Morgan fingerprint density at radius 1 is 1.26 bits per heavy atom. The van der Waals surface area contributed by atoms with E-state index >= 15 is 0 Å². The highest BCUT2D eigenvalue weighted by Gasteiger charge is 2.47. The zero-order valence-corrected chi connectivity index (χ0v) is 18.7. The monoisotopic (exact) mass is 441 g/mol. The predicted molar refractivity (Wildman–Crippen MR) is 118 cm³/mol. The Morgan fingerprint density at radius 3 is 2.81 bits per heavy atom. The van der Waals surface area contributed by atoms with Crippen LogP contribution in [-0.2, 0) is 11.3 Å². The van der Waals surface area contributed by atoms with Crippen molar-refractivity contribution in [2.45, 2.75) is 36.9 Å². The number of hydrogen-bond donors (Lipinski definition) is 0. The number of pyridine rings is 1. The van der Waals surface area contributed by atoms with Crippen LogP contribution in [0.25, 0.3) is 0 Å². The molecular formula is C23H27N3O4S. The molecule has 2 aliphatic heterocycles. The van der Waals surface area contributed by atoms with Gasteiger partial charge in [0.05, 0.1) is 19.2 Å². The number of nitrogens with zero attached hydrogens (tertiary/aromatic N) is 3. The number of hydrogen-bond acceptors (Lipinski definition) is 6. The number of carbonyl (C=O) groups excluding carboxylic acids is 2. The molecule has 2 saturated heterocycles. The summed E-state index contributed by atoms with van der Waals surface area (Å²) in [6.45, 7) is 4.18. The maximum atomic E-state index is 13.1. The lowest BCUT2D eigenvalue weighted by atomic mass is 9.91. The average Bonchev–Trinajstić information content (AvgIpc) is 3.08. The number of aromatic nitrogens is 1. The van der Waals surface area contributed by atoms with Crippen LogP contribution in [0.15, 0.2) is 47.6 Å². The van der Waals surface area contributed by atoms with E-state index in [9.17, 15) is 9.59 Å². The molecule has 0 saturated carbocycles. The summed E-state index contributed by atoms with van der Waals surface area (Å²) in [5.74, 6) is 1.62. The van der Waals surface area contributed by atoms with E-state index in [4.69, 9.17) is 9.47 Å². The van der Waals surface area contributed by atoms with Gasteiger partial charge in [-0.15, -0.1) is 11.8 Å². The van der Waals surface area contributed by atoms with Crippen molar-refractivity contribution in [2.24, 2.45) is 0 Å². The van der Waals surface area contributed by atoms with Gasteiger partial charge in [0, 0.05) is 38.7 Å². The van der Waals surface area contributed by atoms with Crippen LogP contribution in [0.5, 0.6) is 5.75 Å². The fourth-order valence-electron chi connectivity index (χ4n) is 4.16. The van der Waals surface area contributed by atoms with Gasteiger partial charge in [0.15, 0.2) is 0 Å². The molecule has 1 aromatic carbocycles. The number of carbonyl (C=O) groups is 2. The van der Waals surface area contributed by atoms with E-state index in [1.165, 1.54) is 0 Å². The molecule has 1 spiro atoms. The third-order valence-electron chi connectivity index (χ3n) is 5.79. The number of amides is 2. The van der Waals surface area contributed by atoms with Crippen molar-refractivity contribution in [3.63, 3.8) is 0 Å². The molecule has 8 heteroatoms. The van der Waals surface area contributed by atoms with Gasteiger partial charge < -0.3 is 14.4 Å². The number of likely N-dealkylation sites (tertiary alicyclic amines) is 1. The minimum atomic E-state index is -0.525. The van der Waals surface area contributed by atoms with Gasteiger partial charge in [-0.2, -0.15) is 0 Å². The van der Waals surface area contributed by atoms with Gasteiger partial charge in [-0.25, -0.2) is 9.78 Å². The van der Waals surface area contributed by atoms with Crippen LogP contribution >= 0.6 is 11.8 Å². The molecule has 0 unspecified atom stereocenters. The van der Waals surface area contributed by atoms with Crippen LogP contribution in [0.4, 0.5) is 4.79 Å². The van der Waals surface area contributed by atoms with Crippen molar-refractivity contribution in [1.82, 2.24) is 14.8 Å². The molecular weight excluding hydrogens is 414 g/mol. The maximum Gasteiger partial charge on any atom is 0.410 e. The zero-order valence-electron chi connectivity index (χ0n) is 17.9. The van der Waals surface area contributed by atoms with Crippen molar-refractivity contribution < 1.29 is 19.1 Å². The highest BCUT2D eigenvalue weighted by Crippen LogP contribution is 2.35. The van der Waals surface area contributed by atoms with Gasteiger partial charge in [-0.1, -0.05) is 19.1 Å². The number of benzene rings is 1. The first-order valence-electron chi connectivity index (χ1n) is 10.5. The summed E-state index contributed by atoms with van der Waals surface area (Å²) < 4.78 is 11.1.